The monoisotopic (exact) mass is 528 g/mol. The van der Waals surface area contributed by atoms with Crippen molar-refractivity contribution < 1.29 is 19.1 Å². The molecule has 0 fully saturated rings. The van der Waals surface area contributed by atoms with Gasteiger partial charge in [-0.3, -0.25) is 19.1 Å². The van der Waals surface area contributed by atoms with Crippen molar-refractivity contribution in [1.29, 1.82) is 0 Å². The molecular formula is C27H36N4O5S. The molecule has 0 bridgehead atoms. The maximum absolute atomic E-state index is 13.8. The van der Waals surface area contributed by atoms with Crippen LogP contribution in [0.15, 0.2) is 28.4 Å². The second kappa shape index (κ2) is 11.3. The van der Waals surface area contributed by atoms with Gasteiger partial charge in [-0.15, -0.1) is 11.3 Å². The van der Waals surface area contributed by atoms with Crippen LogP contribution in [0.4, 0.5) is 10.6 Å². The molecule has 0 aliphatic heterocycles. The summed E-state index contributed by atoms with van der Waals surface area (Å²) in [5.74, 6) is 0.284. The van der Waals surface area contributed by atoms with Crippen LogP contribution < -0.4 is 20.9 Å². The zero-order valence-electron chi connectivity index (χ0n) is 22.6. The van der Waals surface area contributed by atoms with Crippen LogP contribution in [0.2, 0.25) is 0 Å². The quantitative estimate of drug-likeness (QED) is 0.370. The zero-order valence-corrected chi connectivity index (χ0v) is 23.4. The third-order valence-corrected chi connectivity index (χ3v) is 6.37. The minimum absolute atomic E-state index is 0.131. The topological polar surface area (TPSA) is 117 Å². The minimum atomic E-state index is -0.718. The number of primary amides is 1. The number of rotatable bonds is 9. The molecule has 9 nitrogen and oxygen atoms in total. The molecule has 0 atom stereocenters. The summed E-state index contributed by atoms with van der Waals surface area (Å²) >= 11 is 1.28. The summed E-state index contributed by atoms with van der Waals surface area (Å²) in [7, 11) is 1.59. The number of carbonyl (C=O) groups excluding carboxylic acids is 2. The van der Waals surface area contributed by atoms with E-state index < -0.39 is 17.6 Å². The number of anilines is 1. The number of carbonyl (C=O) groups is 2. The summed E-state index contributed by atoms with van der Waals surface area (Å²) in [5, 5.41) is 3.20. The van der Waals surface area contributed by atoms with E-state index in [0.717, 1.165) is 12.8 Å². The summed E-state index contributed by atoms with van der Waals surface area (Å²) in [4.78, 5) is 44.2. The minimum Gasteiger partial charge on any atom is -0.489 e. The number of benzene rings is 1. The highest BCUT2D eigenvalue weighted by Gasteiger charge is 2.28. The Morgan fingerprint density at radius 2 is 1.92 bits per heavy atom. The van der Waals surface area contributed by atoms with Crippen molar-refractivity contribution in [3.8, 4) is 16.3 Å². The summed E-state index contributed by atoms with van der Waals surface area (Å²) in [6.45, 7) is 12.2. The fraction of sp³-hybridized carbons (Fsp3) is 0.481. The SMILES string of the molecule is CCCCOc1c(N(C)C(=O)OC(C)(C)C)n(CC(C)C)c(=O)c2ccc(-c3nc(C(N)=O)cs3)cc12. The third-order valence-electron chi connectivity index (χ3n) is 5.48. The molecule has 0 saturated carbocycles. The second-order valence-electron chi connectivity index (χ2n) is 10.4. The van der Waals surface area contributed by atoms with E-state index in [1.807, 2.05) is 19.9 Å². The Bertz CT molecular complexity index is 1350. The van der Waals surface area contributed by atoms with Crippen molar-refractivity contribution in [2.24, 2.45) is 11.7 Å². The number of pyridine rings is 1. The molecule has 0 radical (unpaired) electrons. The van der Waals surface area contributed by atoms with Crippen LogP contribution in [0, 0.1) is 5.92 Å². The molecule has 1 aromatic carbocycles. The van der Waals surface area contributed by atoms with Gasteiger partial charge in [0.25, 0.3) is 11.5 Å². The van der Waals surface area contributed by atoms with Gasteiger partial charge in [-0.25, -0.2) is 9.78 Å². The molecule has 0 aliphatic rings. The largest absolute Gasteiger partial charge is 0.489 e. The van der Waals surface area contributed by atoms with Gasteiger partial charge in [0.2, 0.25) is 0 Å². The first-order valence-corrected chi connectivity index (χ1v) is 13.3. The maximum Gasteiger partial charge on any atom is 0.415 e. The summed E-state index contributed by atoms with van der Waals surface area (Å²) in [5.41, 5.74) is 5.31. The van der Waals surface area contributed by atoms with Crippen LogP contribution in [-0.4, -0.2) is 40.8 Å². The number of ether oxygens (including phenoxy) is 2. The predicted molar refractivity (Wildman–Crippen MR) is 148 cm³/mol. The Morgan fingerprint density at radius 1 is 1.22 bits per heavy atom. The van der Waals surface area contributed by atoms with Crippen LogP contribution in [-0.2, 0) is 11.3 Å². The van der Waals surface area contributed by atoms with Crippen LogP contribution in [0.5, 0.6) is 5.75 Å². The number of amides is 2. The van der Waals surface area contributed by atoms with E-state index >= 15 is 0 Å². The molecule has 0 spiro atoms. The molecule has 2 aromatic heterocycles. The van der Waals surface area contributed by atoms with Gasteiger partial charge in [0.05, 0.1) is 12.0 Å². The Balaban J connectivity index is 2.32. The van der Waals surface area contributed by atoms with Gasteiger partial charge in [-0.1, -0.05) is 33.3 Å². The molecular weight excluding hydrogens is 492 g/mol. The molecule has 0 saturated heterocycles. The van der Waals surface area contributed by atoms with Crippen LogP contribution >= 0.6 is 11.3 Å². The number of unbranched alkanes of at least 4 members (excludes halogenated alkanes) is 1. The number of aromatic nitrogens is 2. The van der Waals surface area contributed by atoms with Crippen molar-refractivity contribution in [2.75, 3.05) is 18.6 Å². The number of thiazole rings is 1. The molecule has 2 amide bonds. The highest BCUT2D eigenvalue weighted by Crippen LogP contribution is 2.38. The standard InChI is InChI=1S/C27H36N4O5S/c1-8-9-12-35-21-19-13-17(23-29-20(15-37-23)22(28)32)10-11-18(19)25(33)31(14-16(2)3)24(21)30(7)26(34)36-27(4,5)6/h10-11,13,15-16H,8-9,12,14H2,1-7H3,(H2,28,32). The van der Waals surface area contributed by atoms with E-state index in [1.54, 1.807) is 49.9 Å². The molecule has 37 heavy (non-hydrogen) atoms. The summed E-state index contributed by atoms with van der Waals surface area (Å²) in [6.07, 6.45) is 1.13. The van der Waals surface area contributed by atoms with Crippen LogP contribution in [0.3, 0.4) is 0 Å². The molecule has 10 heteroatoms. The highest BCUT2D eigenvalue weighted by molar-refractivity contribution is 7.13. The predicted octanol–water partition coefficient (Wildman–Crippen LogP) is 5.43. The zero-order chi connectivity index (χ0) is 27.5. The van der Waals surface area contributed by atoms with Crippen LogP contribution in [0.1, 0.15) is 64.9 Å². The fourth-order valence-electron chi connectivity index (χ4n) is 3.80. The van der Waals surface area contributed by atoms with Crippen molar-refractivity contribution >= 4 is 39.9 Å². The Hall–Kier alpha value is -3.40. The van der Waals surface area contributed by atoms with Crippen molar-refractivity contribution in [1.82, 2.24) is 9.55 Å². The van der Waals surface area contributed by atoms with Crippen molar-refractivity contribution in [3.05, 3.63) is 39.6 Å². The van der Waals surface area contributed by atoms with E-state index in [0.29, 0.717) is 46.1 Å². The Kier molecular flexibility index (Phi) is 8.63. The molecule has 0 aliphatic carbocycles. The third kappa shape index (κ3) is 6.49. The van der Waals surface area contributed by atoms with Gasteiger partial charge in [-0.05, 0) is 45.2 Å². The second-order valence-corrected chi connectivity index (χ2v) is 11.2. The van der Waals surface area contributed by atoms with Gasteiger partial charge >= 0.3 is 6.09 Å². The molecule has 3 aromatic rings. The molecule has 2 heterocycles. The first kappa shape index (κ1) is 28.2. The smallest absolute Gasteiger partial charge is 0.415 e. The van der Waals surface area contributed by atoms with Gasteiger partial charge in [0, 0.05) is 29.9 Å². The van der Waals surface area contributed by atoms with Gasteiger partial charge in [0.15, 0.2) is 11.6 Å². The Morgan fingerprint density at radius 3 is 2.49 bits per heavy atom. The highest BCUT2D eigenvalue weighted by atomic mass is 32.1. The van der Waals surface area contributed by atoms with Gasteiger partial charge in [0.1, 0.15) is 16.3 Å². The maximum atomic E-state index is 13.8. The lowest BCUT2D eigenvalue weighted by Gasteiger charge is -2.29. The first-order valence-electron chi connectivity index (χ1n) is 12.4. The lowest BCUT2D eigenvalue weighted by Crippen LogP contribution is -2.38. The number of hydrogen-bond acceptors (Lipinski definition) is 7. The lowest BCUT2D eigenvalue weighted by atomic mass is 10.1. The number of fused-ring (bicyclic) bond motifs is 1. The number of nitrogens with two attached hydrogens (primary N) is 1. The van der Waals surface area contributed by atoms with E-state index in [-0.39, 0.29) is 17.2 Å². The van der Waals surface area contributed by atoms with E-state index in [9.17, 15) is 14.4 Å². The van der Waals surface area contributed by atoms with Gasteiger partial charge in [-0.2, -0.15) is 0 Å². The normalized spacial score (nSPS) is 11.7. The molecule has 3 rings (SSSR count). The summed E-state index contributed by atoms with van der Waals surface area (Å²) < 4.78 is 13.5. The van der Waals surface area contributed by atoms with Crippen molar-refractivity contribution in [2.45, 2.75) is 66.5 Å². The number of nitrogens with zero attached hydrogens (tertiary/aromatic N) is 3. The molecule has 200 valence electrons. The molecule has 2 N–H and O–H groups in total. The van der Waals surface area contributed by atoms with E-state index in [4.69, 9.17) is 15.2 Å². The molecule has 0 unspecified atom stereocenters. The fourth-order valence-corrected chi connectivity index (χ4v) is 4.61. The lowest BCUT2D eigenvalue weighted by molar-refractivity contribution is 0.0585. The summed E-state index contributed by atoms with van der Waals surface area (Å²) in [6, 6.07) is 5.34. The van der Waals surface area contributed by atoms with E-state index in [2.05, 4.69) is 11.9 Å². The first-order chi connectivity index (χ1) is 17.3. The average Bonchev–Trinajstić information content (AvgIpc) is 3.30. The average molecular weight is 529 g/mol. The van der Waals surface area contributed by atoms with Crippen LogP contribution in [0.25, 0.3) is 21.3 Å². The van der Waals surface area contributed by atoms with E-state index in [1.165, 1.54) is 16.2 Å². The van der Waals surface area contributed by atoms with Gasteiger partial charge < -0.3 is 15.2 Å². The van der Waals surface area contributed by atoms with Crippen molar-refractivity contribution in [3.63, 3.8) is 0 Å². The Labute approximate surface area is 221 Å². The number of hydrogen-bond donors (Lipinski definition) is 1.